The fourth-order valence-electron chi connectivity index (χ4n) is 2.30. The van der Waals surface area contributed by atoms with E-state index in [2.05, 4.69) is 5.32 Å². The number of nitrogens with zero attached hydrogens (tertiary/aromatic N) is 1. The number of hydrogen-bond donors (Lipinski definition) is 1. The van der Waals surface area contributed by atoms with Gasteiger partial charge in [0.15, 0.2) is 6.61 Å². The van der Waals surface area contributed by atoms with Crippen LogP contribution in [0.15, 0.2) is 42.5 Å². The van der Waals surface area contributed by atoms with Crippen LogP contribution in [0, 0.1) is 19.7 Å². The second-order valence-corrected chi connectivity index (χ2v) is 6.20. The van der Waals surface area contributed by atoms with Gasteiger partial charge in [-0.25, -0.2) is 9.18 Å². The van der Waals surface area contributed by atoms with Gasteiger partial charge in [0, 0.05) is 12.7 Å². The number of anilines is 1. The number of hydrogen-bond acceptors (Lipinski definition) is 4. The number of halogens is 1. The molecule has 6 nitrogen and oxygen atoms in total. The first-order valence-corrected chi connectivity index (χ1v) is 8.30. The minimum Gasteiger partial charge on any atom is -0.452 e. The fourth-order valence-corrected chi connectivity index (χ4v) is 2.30. The van der Waals surface area contributed by atoms with Crippen LogP contribution in [0.2, 0.25) is 0 Å². The summed E-state index contributed by atoms with van der Waals surface area (Å²) in [4.78, 5) is 37.2. The average Bonchev–Trinajstić information content (AvgIpc) is 2.62. The van der Waals surface area contributed by atoms with Crippen molar-refractivity contribution < 1.29 is 23.5 Å². The van der Waals surface area contributed by atoms with Crippen molar-refractivity contribution in [2.75, 3.05) is 25.5 Å². The molecular formula is C20H21FN2O4. The molecular weight excluding hydrogens is 351 g/mol. The van der Waals surface area contributed by atoms with E-state index in [1.54, 1.807) is 0 Å². The van der Waals surface area contributed by atoms with E-state index in [1.807, 2.05) is 32.0 Å². The number of carbonyl (C=O) groups excluding carboxylic acids is 3. The molecule has 0 bridgehead atoms. The maximum Gasteiger partial charge on any atom is 0.338 e. The lowest BCUT2D eigenvalue weighted by atomic mass is 10.1. The number of carbonyl (C=O) groups is 3. The van der Waals surface area contributed by atoms with Crippen molar-refractivity contribution >= 4 is 23.5 Å². The van der Waals surface area contributed by atoms with Gasteiger partial charge < -0.3 is 15.0 Å². The molecule has 0 spiro atoms. The highest BCUT2D eigenvalue weighted by molar-refractivity contribution is 5.96. The Labute approximate surface area is 156 Å². The van der Waals surface area contributed by atoms with Gasteiger partial charge in [-0.15, -0.1) is 0 Å². The van der Waals surface area contributed by atoms with Gasteiger partial charge in [-0.3, -0.25) is 9.59 Å². The van der Waals surface area contributed by atoms with Crippen molar-refractivity contribution in [2.45, 2.75) is 13.8 Å². The van der Waals surface area contributed by atoms with E-state index in [0.717, 1.165) is 22.1 Å². The third-order valence-corrected chi connectivity index (χ3v) is 3.86. The average molecular weight is 372 g/mol. The summed E-state index contributed by atoms with van der Waals surface area (Å²) in [5, 5.41) is 2.75. The highest BCUT2D eigenvalue weighted by atomic mass is 19.1. The largest absolute Gasteiger partial charge is 0.452 e. The minimum absolute atomic E-state index is 0.0121. The van der Waals surface area contributed by atoms with Crippen LogP contribution in [0.5, 0.6) is 0 Å². The van der Waals surface area contributed by atoms with Crippen LogP contribution >= 0.6 is 0 Å². The Kier molecular flexibility index (Phi) is 6.65. The van der Waals surface area contributed by atoms with Gasteiger partial charge >= 0.3 is 5.97 Å². The SMILES string of the molecule is Cc1ccc(C)c(NC(=O)CN(C)C(=O)COC(=O)c2cccc(F)c2)c1. The van der Waals surface area contributed by atoms with Gasteiger partial charge in [0.25, 0.3) is 5.91 Å². The Bertz CT molecular complexity index is 867. The van der Waals surface area contributed by atoms with E-state index in [-0.39, 0.29) is 18.0 Å². The molecule has 0 aliphatic rings. The lowest BCUT2D eigenvalue weighted by Gasteiger charge is -2.17. The molecule has 2 aromatic carbocycles. The first kappa shape index (κ1) is 20.1. The van der Waals surface area contributed by atoms with Crippen molar-refractivity contribution in [1.29, 1.82) is 0 Å². The molecule has 0 atom stereocenters. The number of rotatable bonds is 6. The number of likely N-dealkylation sites (N-methyl/N-ethyl adjacent to an activating group) is 1. The molecule has 2 rings (SSSR count). The zero-order valence-corrected chi connectivity index (χ0v) is 15.4. The van der Waals surface area contributed by atoms with Crippen molar-refractivity contribution in [3.63, 3.8) is 0 Å². The Balaban J connectivity index is 1.85. The molecule has 1 N–H and O–H groups in total. The predicted molar refractivity (Wildman–Crippen MR) is 98.9 cm³/mol. The fraction of sp³-hybridized carbons (Fsp3) is 0.250. The molecule has 7 heteroatoms. The van der Waals surface area contributed by atoms with Crippen molar-refractivity contribution in [3.8, 4) is 0 Å². The van der Waals surface area contributed by atoms with Crippen LogP contribution in [-0.2, 0) is 14.3 Å². The smallest absolute Gasteiger partial charge is 0.338 e. The van der Waals surface area contributed by atoms with Crippen LogP contribution in [0.4, 0.5) is 10.1 Å². The molecule has 0 aliphatic carbocycles. The van der Waals surface area contributed by atoms with E-state index in [1.165, 1.54) is 25.2 Å². The quantitative estimate of drug-likeness (QED) is 0.791. The molecule has 0 aliphatic heterocycles. The van der Waals surface area contributed by atoms with E-state index in [0.29, 0.717) is 5.69 Å². The molecule has 27 heavy (non-hydrogen) atoms. The highest BCUT2D eigenvalue weighted by Gasteiger charge is 2.16. The standard InChI is InChI=1S/C20H21FN2O4/c1-13-7-8-14(2)17(9-13)22-18(24)11-23(3)19(25)12-27-20(26)15-5-4-6-16(21)10-15/h4-10H,11-12H2,1-3H3,(H,22,24). The van der Waals surface area contributed by atoms with Gasteiger partial charge in [-0.2, -0.15) is 0 Å². The van der Waals surface area contributed by atoms with Crippen LogP contribution in [0.25, 0.3) is 0 Å². The topological polar surface area (TPSA) is 75.7 Å². The second kappa shape index (κ2) is 8.93. The number of nitrogens with one attached hydrogen (secondary N) is 1. The summed E-state index contributed by atoms with van der Waals surface area (Å²) in [5.74, 6) is -2.29. The summed E-state index contributed by atoms with van der Waals surface area (Å²) >= 11 is 0. The summed E-state index contributed by atoms with van der Waals surface area (Å²) in [6, 6.07) is 10.7. The van der Waals surface area contributed by atoms with Crippen LogP contribution in [0.1, 0.15) is 21.5 Å². The Hall–Kier alpha value is -3.22. The summed E-state index contributed by atoms with van der Waals surface area (Å²) in [5.41, 5.74) is 2.60. The van der Waals surface area contributed by atoms with Gasteiger partial charge in [-0.05, 0) is 49.2 Å². The molecule has 0 unspecified atom stereocenters. The summed E-state index contributed by atoms with van der Waals surface area (Å²) in [6.45, 7) is 3.06. The van der Waals surface area contributed by atoms with Crippen LogP contribution in [0.3, 0.4) is 0 Å². The zero-order chi connectivity index (χ0) is 20.0. The number of ether oxygens (including phenoxy) is 1. The molecule has 142 valence electrons. The first-order valence-electron chi connectivity index (χ1n) is 8.30. The number of esters is 1. The van der Waals surface area contributed by atoms with Crippen LogP contribution < -0.4 is 5.32 Å². The highest BCUT2D eigenvalue weighted by Crippen LogP contribution is 2.16. The van der Waals surface area contributed by atoms with E-state index in [9.17, 15) is 18.8 Å². The second-order valence-electron chi connectivity index (χ2n) is 6.20. The van der Waals surface area contributed by atoms with Crippen molar-refractivity contribution in [2.24, 2.45) is 0 Å². The van der Waals surface area contributed by atoms with E-state index in [4.69, 9.17) is 4.74 Å². The molecule has 2 amide bonds. The monoisotopic (exact) mass is 372 g/mol. The normalized spacial score (nSPS) is 10.2. The van der Waals surface area contributed by atoms with E-state index < -0.39 is 24.3 Å². The van der Waals surface area contributed by atoms with E-state index >= 15 is 0 Å². The van der Waals surface area contributed by atoms with Gasteiger partial charge in [0.2, 0.25) is 5.91 Å². The Morgan fingerprint density at radius 3 is 2.56 bits per heavy atom. The summed E-state index contributed by atoms with van der Waals surface area (Å²) in [6.07, 6.45) is 0. The zero-order valence-electron chi connectivity index (χ0n) is 15.4. The first-order chi connectivity index (χ1) is 12.8. The molecule has 0 fully saturated rings. The number of amides is 2. The molecule has 0 heterocycles. The third-order valence-electron chi connectivity index (χ3n) is 3.86. The maximum atomic E-state index is 13.1. The summed E-state index contributed by atoms with van der Waals surface area (Å²) in [7, 11) is 1.43. The minimum atomic E-state index is -0.809. The maximum absolute atomic E-state index is 13.1. The van der Waals surface area contributed by atoms with Crippen molar-refractivity contribution in [3.05, 3.63) is 65.0 Å². The van der Waals surface area contributed by atoms with Gasteiger partial charge in [0.05, 0.1) is 12.1 Å². The lowest BCUT2D eigenvalue weighted by Crippen LogP contribution is -2.37. The molecule has 0 saturated carbocycles. The molecule has 0 aromatic heterocycles. The van der Waals surface area contributed by atoms with Gasteiger partial charge in [0.1, 0.15) is 5.82 Å². The van der Waals surface area contributed by atoms with Gasteiger partial charge in [-0.1, -0.05) is 18.2 Å². The predicted octanol–water partition coefficient (Wildman–Crippen LogP) is 2.70. The Morgan fingerprint density at radius 1 is 1.11 bits per heavy atom. The summed E-state index contributed by atoms with van der Waals surface area (Å²) < 4.78 is 18.0. The number of benzene rings is 2. The third kappa shape index (κ3) is 5.91. The molecule has 0 radical (unpaired) electrons. The number of aryl methyl sites for hydroxylation is 2. The Morgan fingerprint density at radius 2 is 1.85 bits per heavy atom. The van der Waals surface area contributed by atoms with Crippen molar-refractivity contribution in [1.82, 2.24) is 4.90 Å². The lowest BCUT2D eigenvalue weighted by molar-refractivity contribution is -0.136. The molecule has 0 saturated heterocycles. The molecule has 2 aromatic rings. The van der Waals surface area contributed by atoms with Crippen LogP contribution in [-0.4, -0.2) is 42.9 Å².